The van der Waals surface area contributed by atoms with Crippen molar-refractivity contribution in [3.05, 3.63) is 35.4 Å². The molecular weight excluding hydrogens is 292 g/mol. The highest BCUT2D eigenvalue weighted by atomic mass is 16.5. The van der Waals surface area contributed by atoms with E-state index in [4.69, 9.17) is 4.74 Å². The Kier molecular flexibility index (Phi) is 4.66. The third kappa shape index (κ3) is 3.11. The van der Waals surface area contributed by atoms with Crippen LogP contribution in [0.4, 0.5) is 0 Å². The Labute approximate surface area is 136 Å². The number of methoxy groups -OCH3 is 1. The number of ether oxygens (including phenoxy) is 1. The summed E-state index contributed by atoms with van der Waals surface area (Å²) in [6.07, 6.45) is 4.46. The van der Waals surface area contributed by atoms with Gasteiger partial charge in [-0.25, -0.2) is 4.79 Å². The lowest BCUT2D eigenvalue weighted by Crippen LogP contribution is -2.47. The molecule has 1 aromatic rings. The minimum absolute atomic E-state index is 0.149. The van der Waals surface area contributed by atoms with E-state index in [1.54, 1.807) is 12.1 Å². The molecule has 2 aliphatic rings. The highest BCUT2D eigenvalue weighted by Crippen LogP contribution is 2.43. The van der Waals surface area contributed by atoms with Crippen LogP contribution in [0.2, 0.25) is 0 Å². The molecule has 1 saturated heterocycles. The second-order valence-corrected chi connectivity index (χ2v) is 6.60. The van der Waals surface area contributed by atoms with Crippen molar-refractivity contribution in [2.24, 2.45) is 11.3 Å². The normalized spacial score (nSPS) is 26.4. The van der Waals surface area contributed by atoms with Crippen LogP contribution in [0.5, 0.6) is 0 Å². The summed E-state index contributed by atoms with van der Waals surface area (Å²) in [5.41, 5.74) is 1.18. The van der Waals surface area contributed by atoms with Crippen LogP contribution in [0.1, 0.15) is 41.6 Å². The quantitative estimate of drug-likeness (QED) is 0.832. The van der Waals surface area contributed by atoms with Crippen LogP contribution in [0.25, 0.3) is 0 Å². The summed E-state index contributed by atoms with van der Waals surface area (Å²) >= 11 is 0. The molecule has 1 heterocycles. The van der Waals surface area contributed by atoms with Gasteiger partial charge in [-0.1, -0.05) is 25.0 Å². The maximum atomic E-state index is 12.8. The highest BCUT2D eigenvalue weighted by Gasteiger charge is 2.49. The molecule has 0 aromatic heterocycles. The first-order valence-electron chi connectivity index (χ1n) is 8.32. The van der Waals surface area contributed by atoms with E-state index < -0.39 is 0 Å². The summed E-state index contributed by atoms with van der Waals surface area (Å²) in [6.45, 7) is 2.18. The zero-order valence-electron chi connectivity index (χ0n) is 13.6. The summed E-state index contributed by atoms with van der Waals surface area (Å²) in [6, 6.07) is 7.21. The number of amides is 1. The standard InChI is InChI=1S/C18H24N2O3/c1-23-16(21)14-6-4-5-13(9-14)10-20-17(22)18-8-3-2-7-15(18)11-19-12-18/h4-6,9,15,19H,2-3,7-8,10-12H2,1H3,(H,20,22)/t15-,18+/m0/s1. The smallest absolute Gasteiger partial charge is 0.337 e. The van der Waals surface area contributed by atoms with Crippen LogP contribution < -0.4 is 10.6 Å². The molecule has 5 nitrogen and oxygen atoms in total. The Hall–Kier alpha value is -1.88. The molecule has 0 spiro atoms. The first kappa shape index (κ1) is 16.0. The molecule has 0 unspecified atom stereocenters. The lowest BCUT2D eigenvalue weighted by molar-refractivity contribution is -0.134. The first-order chi connectivity index (χ1) is 11.2. The molecule has 1 saturated carbocycles. The number of hydrogen-bond donors (Lipinski definition) is 2. The van der Waals surface area contributed by atoms with E-state index in [1.807, 2.05) is 12.1 Å². The van der Waals surface area contributed by atoms with Gasteiger partial charge in [-0.05, 0) is 43.0 Å². The average Bonchev–Trinajstić information content (AvgIpc) is 3.04. The lowest BCUT2D eigenvalue weighted by atomic mass is 9.67. The van der Waals surface area contributed by atoms with Crippen LogP contribution in [0.3, 0.4) is 0 Å². The predicted octanol–water partition coefficient (Wildman–Crippen LogP) is 1.87. The van der Waals surface area contributed by atoms with Crippen LogP contribution in [-0.4, -0.2) is 32.1 Å². The summed E-state index contributed by atoms with van der Waals surface area (Å²) in [4.78, 5) is 24.4. The number of benzene rings is 1. The SMILES string of the molecule is COC(=O)c1cccc(CNC(=O)[C@@]23CCCC[C@H]2CNC3)c1. The van der Waals surface area contributed by atoms with Crippen molar-refractivity contribution in [3.63, 3.8) is 0 Å². The van der Waals surface area contributed by atoms with E-state index in [2.05, 4.69) is 10.6 Å². The molecule has 1 amide bonds. The summed E-state index contributed by atoms with van der Waals surface area (Å²) in [7, 11) is 1.37. The molecule has 0 radical (unpaired) electrons. The van der Waals surface area contributed by atoms with Crippen molar-refractivity contribution >= 4 is 11.9 Å². The van der Waals surface area contributed by atoms with Crippen molar-refractivity contribution in [2.75, 3.05) is 20.2 Å². The molecule has 5 heteroatoms. The maximum absolute atomic E-state index is 12.8. The minimum atomic E-state index is -0.357. The number of carbonyl (C=O) groups excluding carboxylic acids is 2. The van der Waals surface area contributed by atoms with Crippen LogP contribution in [-0.2, 0) is 16.1 Å². The summed E-state index contributed by atoms with van der Waals surface area (Å²) < 4.78 is 4.73. The largest absolute Gasteiger partial charge is 0.465 e. The van der Waals surface area contributed by atoms with Crippen molar-refractivity contribution in [1.29, 1.82) is 0 Å². The third-order valence-corrected chi connectivity index (χ3v) is 5.29. The van der Waals surface area contributed by atoms with E-state index in [1.165, 1.54) is 13.5 Å². The van der Waals surface area contributed by atoms with Gasteiger partial charge in [-0.3, -0.25) is 4.79 Å². The number of hydrogen-bond acceptors (Lipinski definition) is 4. The molecule has 124 valence electrons. The molecule has 2 fully saturated rings. The zero-order chi connectivity index (χ0) is 16.3. The molecule has 23 heavy (non-hydrogen) atoms. The second-order valence-electron chi connectivity index (χ2n) is 6.60. The number of rotatable bonds is 4. The van der Waals surface area contributed by atoms with Crippen molar-refractivity contribution in [2.45, 2.75) is 32.2 Å². The molecular formula is C18H24N2O3. The number of fused-ring (bicyclic) bond motifs is 1. The zero-order valence-corrected chi connectivity index (χ0v) is 13.6. The Morgan fingerprint density at radius 2 is 2.26 bits per heavy atom. The molecule has 2 N–H and O–H groups in total. The van der Waals surface area contributed by atoms with Crippen LogP contribution in [0.15, 0.2) is 24.3 Å². The van der Waals surface area contributed by atoms with Gasteiger partial charge in [-0.2, -0.15) is 0 Å². The van der Waals surface area contributed by atoms with Crippen molar-refractivity contribution < 1.29 is 14.3 Å². The molecule has 0 bridgehead atoms. The Morgan fingerprint density at radius 1 is 1.39 bits per heavy atom. The highest BCUT2D eigenvalue weighted by molar-refractivity contribution is 5.89. The first-order valence-corrected chi connectivity index (χ1v) is 8.32. The second kappa shape index (κ2) is 6.71. The van der Waals surface area contributed by atoms with Gasteiger partial charge >= 0.3 is 5.97 Å². The summed E-state index contributed by atoms with van der Waals surface area (Å²) in [5.74, 6) is 0.248. The van der Waals surface area contributed by atoms with Crippen LogP contribution in [0, 0.1) is 11.3 Å². The average molecular weight is 316 g/mol. The van der Waals surface area contributed by atoms with Crippen LogP contribution >= 0.6 is 0 Å². The van der Waals surface area contributed by atoms with Crippen molar-refractivity contribution in [3.8, 4) is 0 Å². The molecule has 1 aromatic carbocycles. The van der Waals surface area contributed by atoms with E-state index in [0.717, 1.165) is 37.9 Å². The fourth-order valence-corrected chi connectivity index (χ4v) is 3.97. The van der Waals surface area contributed by atoms with E-state index in [-0.39, 0.29) is 17.3 Å². The molecule has 2 atom stereocenters. The number of esters is 1. The monoisotopic (exact) mass is 316 g/mol. The van der Waals surface area contributed by atoms with Gasteiger partial charge < -0.3 is 15.4 Å². The molecule has 1 aliphatic carbocycles. The summed E-state index contributed by atoms with van der Waals surface area (Å²) in [5, 5.41) is 6.48. The maximum Gasteiger partial charge on any atom is 0.337 e. The molecule has 1 aliphatic heterocycles. The van der Waals surface area contributed by atoms with Gasteiger partial charge in [0.05, 0.1) is 18.1 Å². The minimum Gasteiger partial charge on any atom is -0.465 e. The Balaban J connectivity index is 1.66. The topological polar surface area (TPSA) is 67.4 Å². The van der Waals surface area contributed by atoms with Gasteiger partial charge in [0.1, 0.15) is 0 Å². The Morgan fingerprint density at radius 3 is 3.09 bits per heavy atom. The molecule has 3 rings (SSSR count). The van der Waals surface area contributed by atoms with Gasteiger partial charge in [0, 0.05) is 13.1 Å². The van der Waals surface area contributed by atoms with Gasteiger partial charge in [0.2, 0.25) is 5.91 Å². The van der Waals surface area contributed by atoms with E-state index in [9.17, 15) is 9.59 Å². The van der Waals surface area contributed by atoms with E-state index in [0.29, 0.717) is 18.0 Å². The predicted molar refractivity (Wildman–Crippen MR) is 86.9 cm³/mol. The fourth-order valence-electron chi connectivity index (χ4n) is 3.97. The van der Waals surface area contributed by atoms with Crippen molar-refractivity contribution in [1.82, 2.24) is 10.6 Å². The fraction of sp³-hybridized carbons (Fsp3) is 0.556. The lowest BCUT2D eigenvalue weighted by Gasteiger charge is -2.37. The number of carbonyl (C=O) groups is 2. The van der Waals surface area contributed by atoms with E-state index >= 15 is 0 Å². The van der Waals surface area contributed by atoms with Gasteiger partial charge in [0.15, 0.2) is 0 Å². The van der Waals surface area contributed by atoms with Gasteiger partial charge in [-0.15, -0.1) is 0 Å². The number of nitrogens with one attached hydrogen (secondary N) is 2. The Bertz CT molecular complexity index is 602. The van der Waals surface area contributed by atoms with Gasteiger partial charge in [0.25, 0.3) is 0 Å². The third-order valence-electron chi connectivity index (χ3n) is 5.29.